The van der Waals surface area contributed by atoms with Crippen molar-refractivity contribution in [2.24, 2.45) is 11.8 Å². The topological polar surface area (TPSA) is 44.8 Å². The maximum atomic E-state index is 11.7. The van der Waals surface area contributed by atoms with Gasteiger partial charge in [-0.25, -0.2) is 9.78 Å². The number of ether oxygens (including phenoxy) is 1. The van der Waals surface area contributed by atoms with Crippen molar-refractivity contribution in [2.75, 3.05) is 7.11 Å². The second-order valence-electron chi connectivity index (χ2n) is 8.07. The summed E-state index contributed by atoms with van der Waals surface area (Å²) in [7, 11) is 1.42. The van der Waals surface area contributed by atoms with Gasteiger partial charge in [-0.3, -0.25) is 4.79 Å². The van der Waals surface area contributed by atoms with Gasteiger partial charge in [-0.1, -0.05) is 78.4 Å². The Balaban J connectivity index is 2.88. The quantitative estimate of drug-likeness (QED) is 0.223. The van der Waals surface area contributed by atoms with Crippen LogP contribution in [0.4, 0.5) is 0 Å². The Kier molecular flexibility index (Phi) is 11.2. The molecule has 1 aliphatic heterocycles. The summed E-state index contributed by atoms with van der Waals surface area (Å²) in [5.74, 6) is 0.815. The van der Waals surface area contributed by atoms with Crippen molar-refractivity contribution in [3.63, 3.8) is 0 Å². The number of methoxy groups -OCH3 is 1. The Morgan fingerprint density at radius 1 is 1.26 bits per heavy atom. The highest BCUT2D eigenvalue weighted by atomic mass is 17.2. The summed E-state index contributed by atoms with van der Waals surface area (Å²) < 4.78 is 4.81. The molecule has 0 amide bonds. The zero-order chi connectivity index (χ0) is 20.3. The van der Waals surface area contributed by atoms with E-state index in [0.29, 0.717) is 5.92 Å². The van der Waals surface area contributed by atoms with E-state index < -0.39 is 0 Å². The number of hydrogen-bond donors (Lipinski definition) is 0. The van der Waals surface area contributed by atoms with E-state index in [9.17, 15) is 4.79 Å². The molecule has 1 fully saturated rings. The van der Waals surface area contributed by atoms with E-state index in [1.54, 1.807) is 0 Å². The molecule has 0 aromatic rings. The van der Waals surface area contributed by atoms with Crippen LogP contribution in [0.3, 0.4) is 0 Å². The van der Waals surface area contributed by atoms with Gasteiger partial charge in [0, 0.05) is 0 Å². The summed E-state index contributed by atoms with van der Waals surface area (Å²) in [6.07, 6.45) is 12.4. The molecular formula is C23H42O4. The molecule has 1 heterocycles. The van der Waals surface area contributed by atoms with Gasteiger partial charge < -0.3 is 4.74 Å². The van der Waals surface area contributed by atoms with Crippen molar-refractivity contribution in [2.45, 2.75) is 111 Å². The van der Waals surface area contributed by atoms with Gasteiger partial charge in [-0.05, 0) is 37.5 Å². The van der Waals surface area contributed by atoms with Crippen LogP contribution in [0.5, 0.6) is 0 Å². The Hall–Kier alpha value is -0.870. The maximum Gasteiger partial charge on any atom is 0.308 e. The monoisotopic (exact) mass is 382 g/mol. The lowest BCUT2D eigenvalue weighted by Gasteiger charge is -2.41. The molecule has 0 N–H and O–H groups in total. The molecule has 4 atom stereocenters. The molecule has 4 nitrogen and oxygen atoms in total. The van der Waals surface area contributed by atoms with Crippen LogP contribution in [0, 0.1) is 11.8 Å². The highest BCUT2D eigenvalue weighted by Crippen LogP contribution is 2.39. The number of hydrogen-bond acceptors (Lipinski definition) is 4. The van der Waals surface area contributed by atoms with Gasteiger partial charge in [-0.2, -0.15) is 0 Å². The van der Waals surface area contributed by atoms with E-state index in [2.05, 4.69) is 40.7 Å². The smallest absolute Gasteiger partial charge is 0.308 e. The molecule has 0 aromatic carbocycles. The molecule has 0 radical (unpaired) electrons. The normalized spacial score (nSPS) is 27.4. The Labute approximate surface area is 167 Å². The Morgan fingerprint density at radius 3 is 2.52 bits per heavy atom. The molecule has 27 heavy (non-hydrogen) atoms. The van der Waals surface area contributed by atoms with Gasteiger partial charge in [-0.15, -0.1) is 0 Å². The number of rotatable bonds is 12. The number of unbranched alkanes of at least 4 members (excludes halogenated alkanes) is 1. The lowest BCUT2D eigenvalue weighted by molar-refractivity contribution is -0.409. The molecule has 0 spiro atoms. The molecule has 0 bridgehead atoms. The van der Waals surface area contributed by atoms with Crippen LogP contribution in [0.15, 0.2) is 11.6 Å². The first-order valence-electron chi connectivity index (χ1n) is 11.1. The minimum Gasteiger partial charge on any atom is -0.469 e. The number of esters is 1. The zero-order valence-electron chi connectivity index (χ0n) is 18.5. The van der Waals surface area contributed by atoms with Crippen molar-refractivity contribution < 1.29 is 19.3 Å². The molecule has 1 saturated heterocycles. The first-order chi connectivity index (χ1) is 13.0. The van der Waals surface area contributed by atoms with Gasteiger partial charge >= 0.3 is 5.97 Å². The van der Waals surface area contributed by atoms with E-state index in [1.807, 2.05) is 0 Å². The highest BCUT2D eigenvalue weighted by Gasteiger charge is 2.41. The molecule has 0 aliphatic carbocycles. The van der Waals surface area contributed by atoms with Crippen LogP contribution >= 0.6 is 0 Å². The third-order valence-corrected chi connectivity index (χ3v) is 6.20. The van der Waals surface area contributed by atoms with Gasteiger partial charge in [0.05, 0.1) is 13.5 Å². The van der Waals surface area contributed by atoms with Crippen LogP contribution in [-0.2, 0) is 19.3 Å². The molecule has 0 aromatic heterocycles. The maximum absolute atomic E-state index is 11.7. The molecule has 158 valence electrons. The first-order valence-corrected chi connectivity index (χ1v) is 11.1. The van der Waals surface area contributed by atoms with Crippen molar-refractivity contribution in [1.82, 2.24) is 0 Å². The van der Waals surface area contributed by atoms with Gasteiger partial charge in [0.15, 0.2) is 0 Å². The average Bonchev–Trinajstić information content (AvgIpc) is 2.71. The number of carbonyl (C=O) groups is 1. The summed E-state index contributed by atoms with van der Waals surface area (Å²) in [5, 5.41) is 0. The average molecular weight is 383 g/mol. The molecule has 1 aliphatic rings. The highest BCUT2D eigenvalue weighted by molar-refractivity contribution is 5.69. The predicted molar refractivity (Wildman–Crippen MR) is 110 cm³/mol. The summed E-state index contributed by atoms with van der Waals surface area (Å²) in [6.45, 7) is 11.1. The van der Waals surface area contributed by atoms with Gasteiger partial charge in [0.25, 0.3) is 0 Å². The summed E-state index contributed by atoms with van der Waals surface area (Å²) in [6, 6.07) is 0. The number of allylic oxidation sites excluding steroid dienone is 1. The largest absolute Gasteiger partial charge is 0.469 e. The van der Waals surface area contributed by atoms with E-state index in [4.69, 9.17) is 14.5 Å². The van der Waals surface area contributed by atoms with Crippen molar-refractivity contribution in [1.29, 1.82) is 0 Å². The predicted octanol–water partition coefficient (Wildman–Crippen LogP) is 6.39. The molecular weight excluding hydrogens is 340 g/mol. The second-order valence-corrected chi connectivity index (χ2v) is 8.07. The second kappa shape index (κ2) is 12.6. The Bertz CT molecular complexity index is 459. The lowest BCUT2D eigenvalue weighted by Crippen LogP contribution is -2.44. The molecule has 0 saturated carbocycles. The van der Waals surface area contributed by atoms with Crippen LogP contribution in [0.25, 0.3) is 0 Å². The van der Waals surface area contributed by atoms with Gasteiger partial charge in [0.1, 0.15) is 11.7 Å². The van der Waals surface area contributed by atoms with Crippen LogP contribution < -0.4 is 0 Å². The summed E-state index contributed by atoms with van der Waals surface area (Å²) in [5.41, 5.74) is 1.10. The van der Waals surface area contributed by atoms with E-state index in [-0.39, 0.29) is 24.1 Å². The van der Waals surface area contributed by atoms with E-state index in [0.717, 1.165) is 38.0 Å². The van der Waals surface area contributed by atoms with Crippen LogP contribution in [0.2, 0.25) is 0 Å². The number of carbonyl (C=O) groups excluding carboxylic acids is 1. The zero-order valence-corrected chi connectivity index (χ0v) is 18.5. The first kappa shape index (κ1) is 24.2. The van der Waals surface area contributed by atoms with Crippen LogP contribution in [0.1, 0.15) is 98.8 Å². The molecule has 4 heteroatoms. The fraction of sp³-hybridized carbons (Fsp3) is 0.870. The van der Waals surface area contributed by atoms with Crippen LogP contribution in [-0.4, -0.2) is 24.8 Å². The fourth-order valence-electron chi connectivity index (χ4n) is 4.08. The third-order valence-electron chi connectivity index (χ3n) is 6.20. The molecule has 0 unspecified atom stereocenters. The SMILES string of the molecule is CCCC[C@H](CC)C/C(=C/[C@]1(CC)C[C@@H](CC)[C@H](CC(=O)OC)OO1)CC. The van der Waals surface area contributed by atoms with Gasteiger partial charge in [0.2, 0.25) is 0 Å². The minimum absolute atomic E-state index is 0.214. The van der Waals surface area contributed by atoms with E-state index >= 15 is 0 Å². The summed E-state index contributed by atoms with van der Waals surface area (Å²) >= 11 is 0. The van der Waals surface area contributed by atoms with Crippen molar-refractivity contribution >= 4 is 5.97 Å². The molecule has 1 rings (SSSR count). The Morgan fingerprint density at radius 2 is 2.00 bits per heavy atom. The fourth-order valence-corrected chi connectivity index (χ4v) is 4.08. The minimum atomic E-state index is -0.373. The van der Waals surface area contributed by atoms with Crippen molar-refractivity contribution in [3.05, 3.63) is 11.6 Å². The standard InChI is InChI=1S/C23H42O4/c1-7-12-13-18(8-2)14-19(9-3)16-23(11-5)17-20(10-4)21(26-27-23)15-22(24)25-6/h16,18,20-21H,7-15,17H2,1-6H3/b19-16+/t18-,20+,21-,23+/m0/s1. The third kappa shape index (κ3) is 7.57. The van der Waals surface area contributed by atoms with Crippen molar-refractivity contribution in [3.8, 4) is 0 Å². The lowest BCUT2D eigenvalue weighted by atomic mass is 9.79. The summed E-state index contributed by atoms with van der Waals surface area (Å²) in [4.78, 5) is 23.4. The van der Waals surface area contributed by atoms with E-state index in [1.165, 1.54) is 38.4 Å².